The van der Waals surface area contributed by atoms with Gasteiger partial charge in [0, 0.05) is 25.5 Å². The maximum atomic E-state index is 12.4. The second kappa shape index (κ2) is 8.37. The normalized spacial score (nSPS) is 26.1. The van der Waals surface area contributed by atoms with Crippen molar-refractivity contribution in [3.05, 3.63) is 47.9 Å². The van der Waals surface area contributed by atoms with Crippen molar-refractivity contribution in [3.63, 3.8) is 0 Å². The number of nitrogens with one attached hydrogen (secondary N) is 1. The summed E-state index contributed by atoms with van der Waals surface area (Å²) in [5.74, 6) is 2.23. The summed E-state index contributed by atoms with van der Waals surface area (Å²) in [4.78, 5) is 23.2. The van der Waals surface area contributed by atoms with Crippen molar-refractivity contribution in [2.24, 2.45) is 11.8 Å². The summed E-state index contributed by atoms with van der Waals surface area (Å²) in [6.45, 7) is 5.70. The van der Waals surface area contributed by atoms with Crippen LogP contribution < -0.4 is 15.0 Å². The van der Waals surface area contributed by atoms with Crippen LogP contribution >= 0.6 is 0 Å². The van der Waals surface area contributed by atoms with Gasteiger partial charge in [-0.25, -0.2) is 4.98 Å². The molecular formula is C22H28N4O3. The molecule has 0 bridgehead atoms. The van der Waals surface area contributed by atoms with Crippen molar-refractivity contribution >= 4 is 11.7 Å². The lowest BCUT2D eigenvalue weighted by Crippen LogP contribution is -2.50. The molecule has 1 aromatic heterocycles. The van der Waals surface area contributed by atoms with Crippen molar-refractivity contribution in [2.45, 2.75) is 38.8 Å². The highest BCUT2D eigenvalue weighted by Gasteiger charge is 2.42. The first kappa shape index (κ1) is 19.6. The average molecular weight is 396 g/mol. The van der Waals surface area contributed by atoms with Crippen molar-refractivity contribution < 1.29 is 14.6 Å². The molecule has 0 radical (unpaired) electrons. The van der Waals surface area contributed by atoms with Crippen LogP contribution in [-0.4, -0.2) is 52.8 Å². The van der Waals surface area contributed by atoms with E-state index in [1.807, 2.05) is 32.0 Å². The Balaban J connectivity index is 1.32. The number of benzene rings is 1. The molecule has 2 aliphatic rings. The first-order valence-corrected chi connectivity index (χ1v) is 10.2. The second-order valence-electron chi connectivity index (χ2n) is 8.19. The number of carbonyl (C=O) groups is 1. The van der Waals surface area contributed by atoms with Crippen LogP contribution in [0.25, 0.3) is 0 Å². The fourth-order valence-electron chi connectivity index (χ4n) is 4.50. The maximum Gasteiger partial charge on any atom is 0.258 e. The van der Waals surface area contributed by atoms with E-state index in [4.69, 9.17) is 4.74 Å². The van der Waals surface area contributed by atoms with E-state index in [1.54, 1.807) is 18.6 Å². The number of ether oxygens (including phenoxy) is 1. The molecule has 0 spiro atoms. The number of aryl methyl sites for hydroxylation is 1. The molecule has 4 rings (SSSR count). The number of hydrogen-bond donors (Lipinski definition) is 2. The molecule has 1 aromatic carbocycles. The van der Waals surface area contributed by atoms with Gasteiger partial charge in [-0.1, -0.05) is 12.1 Å². The first-order valence-electron chi connectivity index (χ1n) is 10.2. The van der Waals surface area contributed by atoms with Gasteiger partial charge in [-0.2, -0.15) is 0 Å². The van der Waals surface area contributed by atoms with Crippen LogP contribution in [0.3, 0.4) is 0 Å². The minimum absolute atomic E-state index is 0.0483. The summed E-state index contributed by atoms with van der Waals surface area (Å²) in [5, 5.41) is 13.6. The maximum absolute atomic E-state index is 12.4. The molecular weight excluding hydrogens is 368 g/mol. The minimum Gasteiger partial charge on any atom is -0.483 e. The van der Waals surface area contributed by atoms with E-state index in [-0.39, 0.29) is 18.6 Å². The quantitative estimate of drug-likeness (QED) is 0.802. The number of carbonyl (C=O) groups excluding carboxylic acids is 1. The molecule has 2 aromatic rings. The number of anilines is 1. The van der Waals surface area contributed by atoms with Gasteiger partial charge in [-0.15, -0.1) is 0 Å². The fraction of sp³-hybridized carbons (Fsp3) is 0.500. The summed E-state index contributed by atoms with van der Waals surface area (Å²) >= 11 is 0. The van der Waals surface area contributed by atoms with Gasteiger partial charge in [0.25, 0.3) is 5.91 Å². The Hall–Kier alpha value is -2.67. The van der Waals surface area contributed by atoms with Gasteiger partial charge < -0.3 is 20.1 Å². The SMILES string of the molecule is Cc1cccc(OCC(=O)N[C@H]2C[C@H]3CN(c4cnccn4)C[C@H]3C[C@@H]2O)c1C. The zero-order chi connectivity index (χ0) is 20.4. The highest BCUT2D eigenvalue weighted by Crippen LogP contribution is 2.37. The molecule has 1 aliphatic heterocycles. The third-order valence-corrected chi connectivity index (χ3v) is 6.28. The highest BCUT2D eigenvalue weighted by molar-refractivity contribution is 5.78. The second-order valence-corrected chi connectivity index (χ2v) is 8.19. The summed E-state index contributed by atoms with van der Waals surface area (Å²) < 4.78 is 5.70. The highest BCUT2D eigenvalue weighted by atomic mass is 16.5. The van der Waals surface area contributed by atoms with E-state index in [1.165, 1.54) is 0 Å². The Bertz CT molecular complexity index is 860. The third-order valence-electron chi connectivity index (χ3n) is 6.28. The van der Waals surface area contributed by atoms with E-state index in [9.17, 15) is 9.90 Å². The molecule has 4 atom stereocenters. The monoisotopic (exact) mass is 396 g/mol. The van der Waals surface area contributed by atoms with Crippen molar-refractivity contribution in [2.75, 3.05) is 24.6 Å². The zero-order valence-corrected chi connectivity index (χ0v) is 16.9. The summed E-state index contributed by atoms with van der Waals surface area (Å²) in [6.07, 6.45) is 6.05. The van der Waals surface area contributed by atoms with Gasteiger partial charge in [0.2, 0.25) is 0 Å². The lowest BCUT2D eigenvalue weighted by Gasteiger charge is -2.35. The molecule has 7 nitrogen and oxygen atoms in total. The number of hydrogen-bond acceptors (Lipinski definition) is 6. The van der Waals surface area contributed by atoms with E-state index in [2.05, 4.69) is 20.2 Å². The van der Waals surface area contributed by atoms with Crippen LogP contribution in [0.5, 0.6) is 5.75 Å². The number of aliphatic hydroxyl groups excluding tert-OH is 1. The number of amides is 1. The topological polar surface area (TPSA) is 87.6 Å². The largest absolute Gasteiger partial charge is 0.483 e. The van der Waals surface area contributed by atoms with Gasteiger partial charge in [0.15, 0.2) is 6.61 Å². The van der Waals surface area contributed by atoms with Crippen molar-refractivity contribution in [3.8, 4) is 5.75 Å². The molecule has 1 aliphatic carbocycles. The van der Waals surface area contributed by atoms with Crippen LogP contribution in [0.15, 0.2) is 36.8 Å². The van der Waals surface area contributed by atoms with Gasteiger partial charge in [-0.3, -0.25) is 9.78 Å². The average Bonchev–Trinajstić information content (AvgIpc) is 3.13. The van der Waals surface area contributed by atoms with Gasteiger partial charge in [0.1, 0.15) is 11.6 Å². The van der Waals surface area contributed by atoms with Crippen LogP contribution in [-0.2, 0) is 4.79 Å². The summed E-state index contributed by atoms with van der Waals surface area (Å²) in [5.41, 5.74) is 2.17. The van der Waals surface area contributed by atoms with Gasteiger partial charge in [-0.05, 0) is 55.7 Å². The zero-order valence-electron chi connectivity index (χ0n) is 16.9. The van der Waals surface area contributed by atoms with Crippen LogP contribution in [0.2, 0.25) is 0 Å². The molecule has 1 saturated heterocycles. The smallest absolute Gasteiger partial charge is 0.258 e. The Labute approximate surface area is 171 Å². The van der Waals surface area contributed by atoms with Crippen molar-refractivity contribution in [1.82, 2.24) is 15.3 Å². The van der Waals surface area contributed by atoms with Crippen LogP contribution in [0.1, 0.15) is 24.0 Å². The predicted molar refractivity (Wildman–Crippen MR) is 110 cm³/mol. The van der Waals surface area contributed by atoms with Crippen LogP contribution in [0.4, 0.5) is 5.82 Å². The van der Waals surface area contributed by atoms with E-state index < -0.39 is 6.10 Å². The molecule has 1 saturated carbocycles. The van der Waals surface area contributed by atoms with Crippen molar-refractivity contribution in [1.29, 1.82) is 0 Å². The Morgan fingerprint density at radius 3 is 2.79 bits per heavy atom. The van der Waals surface area contributed by atoms with Gasteiger partial charge in [0.05, 0.1) is 18.3 Å². The first-order chi connectivity index (χ1) is 14.0. The molecule has 2 heterocycles. The molecule has 2 fully saturated rings. The Morgan fingerprint density at radius 1 is 1.24 bits per heavy atom. The summed E-state index contributed by atoms with van der Waals surface area (Å²) in [7, 11) is 0. The predicted octanol–water partition coefficient (Wildman–Crippen LogP) is 1.86. The number of fused-ring (bicyclic) bond motifs is 1. The molecule has 2 N–H and O–H groups in total. The number of aromatic nitrogens is 2. The van der Waals surface area contributed by atoms with E-state index in [0.29, 0.717) is 18.3 Å². The molecule has 1 amide bonds. The minimum atomic E-state index is -0.539. The van der Waals surface area contributed by atoms with E-state index >= 15 is 0 Å². The Morgan fingerprint density at radius 2 is 2.03 bits per heavy atom. The fourth-order valence-corrected chi connectivity index (χ4v) is 4.50. The standard InChI is InChI=1S/C22H28N4O3/c1-14-4-3-5-20(15(14)2)29-13-22(28)25-18-8-16-11-26(12-17(16)9-19(18)27)21-10-23-6-7-24-21/h3-7,10,16-19,27H,8-9,11-13H2,1-2H3,(H,25,28)/t16-,17+,18-,19-/m0/s1. The molecule has 0 unspecified atom stereocenters. The number of nitrogens with zero attached hydrogens (tertiary/aromatic N) is 3. The lowest BCUT2D eigenvalue weighted by molar-refractivity contribution is -0.125. The number of aliphatic hydroxyl groups is 1. The summed E-state index contributed by atoms with van der Waals surface area (Å²) in [6, 6.07) is 5.56. The van der Waals surface area contributed by atoms with Gasteiger partial charge >= 0.3 is 0 Å². The Kier molecular flexibility index (Phi) is 5.67. The van der Waals surface area contributed by atoms with Crippen LogP contribution in [0, 0.1) is 25.7 Å². The molecule has 154 valence electrons. The molecule has 7 heteroatoms. The lowest BCUT2D eigenvalue weighted by atomic mass is 9.77. The number of rotatable bonds is 5. The molecule has 29 heavy (non-hydrogen) atoms. The van der Waals surface area contributed by atoms with E-state index in [0.717, 1.165) is 42.2 Å². The third kappa shape index (κ3) is 4.34.